The van der Waals surface area contributed by atoms with Crippen LogP contribution in [-0.2, 0) is 16.2 Å². The highest BCUT2D eigenvalue weighted by molar-refractivity contribution is 5.95. The van der Waals surface area contributed by atoms with Gasteiger partial charge in [-0.1, -0.05) is 80.5 Å². The van der Waals surface area contributed by atoms with E-state index in [9.17, 15) is 15.3 Å². The van der Waals surface area contributed by atoms with Gasteiger partial charge in [-0.05, 0) is 143 Å². The molecule has 0 radical (unpaired) electrons. The summed E-state index contributed by atoms with van der Waals surface area (Å²) in [4.78, 5) is 0. The predicted octanol–water partition coefficient (Wildman–Crippen LogP) is 11.8. The van der Waals surface area contributed by atoms with Crippen molar-refractivity contribution >= 4 is 0 Å². The summed E-state index contributed by atoms with van der Waals surface area (Å²) in [6, 6.07) is 18.1. The molecule has 4 aromatic rings. The fraction of sp³-hybridized carbons (Fsp3) is 0.429. The second-order valence-corrected chi connectivity index (χ2v) is 14.9. The van der Waals surface area contributed by atoms with Crippen molar-refractivity contribution in [1.29, 1.82) is 0 Å². The quantitative estimate of drug-likeness (QED) is 0.178. The molecule has 0 saturated heterocycles. The van der Waals surface area contributed by atoms with E-state index in [1.54, 1.807) is 0 Å². The van der Waals surface area contributed by atoms with Crippen molar-refractivity contribution in [3.63, 3.8) is 0 Å². The van der Waals surface area contributed by atoms with Crippen molar-refractivity contribution in [3.05, 3.63) is 88.0 Å². The second kappa shape index (κ2) is 12.2. The van der Waals surface area contributed by atoms with Crippen molar-refractivity contribution in [2.45, 2.75) is 119 Å². The number of hydrogen-bond donors (Lipinski definition) is 3. The second-order valence-electron chi connectivity index (χ2n) is 14.9. The molecule has 3 heteroatoms. The van der Waals surface area contributed by atoms with Crippen LogP contribution >= 0.6 is 0 Å². The van der Waals surface area contributed by atoms with Crippen molar-refractivity contribution in [2.75, 3.05) is 0 Å². The minimum Gasteiger partial charge on any atom is -0.508 e. The minimum atomic E-state index is -0.203. The summed E-state index contributed by atoms with van der Waals surface area (Å²) in [6.45, 7) is 26.1. The monoisotopic (exact) mass is 606 g/mol. The summed E-state index contributed by atoms with van der Waals surface area (Å²) in [5.41, 5.74) is 12.4. The minimum absolute atomic E-state index is 0.175. The summed E-state index contributed by atoms with van der Waals surface area (Å²) < 4.78 is 0. The highest BCUT2D eigenvalue weighted by Gasteiger charge is 2.29. The average Bonchev–Trinajstić information content (AvgIpc) is 3.00. The van der Waals surface area contributed by atoms with E-state index in [1.807, 2.05) is 36.4 Å². The van der Waals surface area contributed by atoms with Crippen molar-refractivity contribution in [3.8, 4) is 50.6 Å². The fourth-order valence-electron chi connectivity index (χ4n) is 6.58. The van der Waals surface area contributed by atoms with Crippen LogP contribution in [-0.4, -0.2) is 15.3 Å². The highest BCUT2D eigenvalue weighted by Crippen LogP contribution is 2.48. The molecule has 240 valence electrons. The first kappa shape index (κ1) is 34.2. The van der Waals surface area contributed by atoms with Crippen LogP contribution in [0, 0.1) is 20.8 Å². The number of hydrogen-bond acceptors (Lipinski definition) is 3. The Morgan fingerprint density at radius 1 is 0.422 bits per heavy atom. The van der Waals surface area contributed by atoms with Crippen LogP contribution in [0.3, 0.4) is 0 Å². The van der Waals surface area contributed by atoms with Gasteiger partial charge in [0.25, 0.3) is 0 Å². The maximum atomic E-state index is 11.0. The van der Waals surface area contributed by atoms with E-state index in [0.29, 0.717) is 17.2 Å². The Hall–Kier alpha value is -3.72. The molecule has 0 bridgehead atoms. The smallest absolute Gasteiger partial charge is 0.119 e. The lowest BCUT2D eigenvalue weighted by Crippen LogP contribution is -2.16. The third-order valence-electron chi connectivity index (χ3n) is 11.0. The zero-order valence-electron chi connectivity index (χ0n) is 29.7. The van der Waals surface area contributed by atoms with Crippen LogP contribution in [0.15, 0.2) is 54.6 Å². The maximum absolute atomic E-state index is 11.0. The third-order valence-corrected chi connectivity index (χ3v) is 11.0. The van der Waals surface area contributed by atoms with E-state index in [-0.39, 0.29) is 16.2 Å². The molecule has 0 aliphatic rings. The molecular weight excluding hydrogens is 552 g/mol. The van der Waals surface area contributed by atoms with Gasteiger partial charge in [0, 0.05) is 16.7 Å². The van der Waals surface area contributed by atoms with Crippen LogP contribution in [0.5, 0.6) is 17.2 Å². The molecule has 0 aliphatic heterocycles. The van der Waals surface area contributed by atoms with Gasteiger partial charge in [0.05, 0.1) is 0 Å². The molecule has 0 aliphatic carbocycles. The van der Waals surface area contributed by atoms with Crippen molar-refractivity contribution < 1.29 is 15.3 Å². The molecule has 3 N–H and O–H groups in total. The van der Waals surface area contributed by atoms with Gasteiger partial charge >= 0.3 is 0 Å². The average molecular weight is 607 g/mol. The Labute approximate surface area is 272 Å². The third kappa shape index (κ3) is 6.11. The standard InChI is InChI=1S/C42H54O3/c1-13-40(7,8)31-22-28(16-19-34(31)43)37-25(4)26(5)38(29-17-20-35(44)32(23-29)41(9,10)14-2)39(27(37)6)30-18-21-36(45)33(24-30)42(11,12)15-3/h16-24,43-45H,13-15H2,1-12H3. The van der Waals surface area contributed by atoms with Crippen LogP contribution in [0.1, 0.15) is 115 Å². The Kier molecular flexibility index (Phi) is 9.29. The van der Waals surface area contributed by atoms with E-state index >= 15 is 0 Å². The van der Waals surface area contributed by atoms with Gasteiger partial charge < -0.3 is 15.3 Å². The van der Waals surface area contributed by atoms with E-state index < -0.39 is 0 Å². The number of phenols is 3. The summed E-state index contributed by atoms with van der Waals surface area (Å²) in [7, 11) is 0. The van der Waals surface area contributed by atoms with Gasteiger partial charge in [0.2, 0.25) is 0 Å². The normalized spacial score (nSPS) is 12.5. The molecule has 0 heterocycles. The van der Waals surface area contributed by atoms with Gasteiger partial charge in [0.15, 0.2) is 0 Å². The summed E-state index contributed by atoms with van der Waals surface area (Å²) in [5, 5.41) is 32.9. The molecular formula is C42H54O3. The van der Waals surface area contributed by atoms with E-state index in [2.05, 4.69) is 101 Å². The lowest BCUT2D eigenvalue weighted by molar-refractivity contribution is 0.428. The zero-order valence-corrected chi connectivity index (χ0v) is 29.7. The van der Waals surface area contributed by atoms with E-state index in [4.69, 9.17) is 0 Å². The molecule has 0 unspecified atom stereocenters. The molecule has 0 atom stereocenters. The summed E-state index contributed by atoms with van der Waals surface area (Å²) in [6.07, 6.45) is 2.70. The van der Waals surface area contributed by atoms with Gasteiger partial charge in [-0.2, -0.15) is 0 Å². The van der Waals surface area contributed by atoms with E-state index in [1.165, 1.54) is 11.1 Å². The fourth-order valence-corrected chi connectivity index (χ4v) is 6.58. The Bertz CT molecular complexity index is 1740. The molecule has 0 spiro atoms. The largest absolute Gasteiger partial charge is 0.508 e. The first-order chi connectivity index (χ1) is 20.9. The SMILES string of the molecule is CCC(C)(C)c1cc(-c2c(C)c(C)c(-c3ccc(O)c(C(C)(C)CC)c3)c(-c3ccc(O)c(C(C)(C)CC)c3)c2C)ccc1O. The van der Waals surface area contributed by atoms with Gasteiger partial charge in [-0.25, -0.2) is 0 Å². The highest BCUT2D eigenvalue weighted by atomic mass is 16.3. The summed E-state index contributed by atoms with van der Waals surface area (Å²) in [5.74, 6) is 0.965. The topological polar surface area (TPSA) is 60.7 Å². The first-order valence-corrected chi connectivity index (χ1v) is 16.6. The molecule has 0 amide bonds. The predicted molar refractivity (Wildman–Crippen MR) is 192 cm³/mol. The molecule has 4 rings (SSSR count). The molecule has 0 aromatic heterocycles. The lowest BCUT2D eigenvalue weighted by atomic mass is 9.75. The lowest BCUT2D eigenvalue weighted by Gasteiger charge is -2.29. The van der Waals surface area contributed by atoms with Crippen LogP contribution in [0.2, 0.25) is 0 Å². The van der Waals surface area contributed by atoms with Crippen LogP contribution in [0.25, 0.3) is 33.4 Å². The Balaban J connectivity index is 2.17. The molecule has 0 saturated carbocycles. The maximum Gasteiger partial charge on any atom is 0.119 e. The summed E-state index contributed by atoms with van der Waals surface area (Å²) >= 11 is 0. The Morgan fingerprint density at radius 3 is 1.00 bits per heavy atom. The zero-order chi connectivity index (χ0) is 33.6. The number of rotatable bonds is 9. The number of phenolic OH excluding ortho intramolecular Hbond substituents is 3. The van der Waals surface area contributed by atoms with E-state index in [0.717, 1.165) is 74.9 Å². The van der Waals surface area contributed by atoms with Gasteiger partial charge in [-0.3, -0.25) is 0 Å². The van der Waals surface area contributed by atoms with Crippen LogP contribution < -0.4 is 0 Å². The van der Waals surface area contributed by atoms with Crippen LogP contribution in [0.4, 0.5) is 0 Å². The number of aromatic hydroxyl groups is 3. The van der Waals surface area contributed by atoms with Crippen molar-refractivity contribution in [1.82, 2.24) is 0 Å². The molecule has 45 heavy (non-hydrogen) atoms. The van der Waals surface area contributed by atoms with Gasteiger partial charge in [0.1, 0.15) is 17.2 Å². The van der Waals surface area contributed by atoms with Gasteiger partial charge in [-0.15, -0.1) is 0 Å². The Morgan fingerprint density at radius 2 is 0.689 bits per heavy atom. The van der Waals surface area contributed by atoms with Crippen molar-refractivity contribution in [2.24, 2.45) is 0 Å². The molecule has 3 nitrogen and oxygen atoms in total. The number of benzene rings is 4. The molecule has 0 fully saturated rings. The molecule has 4 aromatic carbocycles. The first-order valence-electron chi connectivity index (χ1n) is 16.6.